The standard InChI is InChI=1S/C20H20ClN3O4S/c1-28-10-11-29(26,27)19-8-2-16(3-9-19)20(25)22-12-15-13-23-24(14-15)18-6-4-17(21)5-7-18/h2-9,13-14H,10-12H2,1H3,(H,22,25). The normalized spacial score (nSPS) is 11.4. The van der Waals surface area contributed by atoms with Crippen LogP contribution in [0.25, 0.3) is 5.69 Å². The second-order valence-corrected chi connectivity index (χ2v) is 8.83. The molecule has 1 aromatic heterocycles. The Morgan fingerprint density at radius 1 is 1.14 bits per heavy atom. The van der Waals surface area contributed by atoms with Gasteiger partial charge < -0.3 is 10.1 Å². The van der Waals surface area contributed by atoms with Gasteiger partial charge in [-0.15, -0.1) is 0 Å². The first-order chi connectivity index (χ1) is 13.9. The molecule has 0 saturated carbocycles. The van der Waals surface area contributed by atoms with Gasteiger partial charge in [-0.3, -0.25) is 4.79 Å². The largest absolute Gasteiger partial charge is 0.384 e. The van der Waals surface area contributed by atoms with E-state index in [1.165, 1.54) is 31.4 Å². The Morgan fingerprint density at radius 2 is 1.83 bits per heavy atom. The van der Waals surface area contributed by atoms with Crippen molar-refractivity contribution in [3.8, 4) is 5.69 Å². The highest BCUT2D eigenvalue weighted by Crippen LogP contribution is 2.14. The van der Waals surface area contributed by atoms with E-state index in [4.69, 9.17) is 16.3 Å². The molecule has 1 amide bonds. The van der Waals surface area contributed by atoms with Crippen LogP contribution in [-0.4, -0.2) is 43.6 Å². The molecule has 3 aromatic rings. The van der Waals surface area contributed by atoms with Gasteiger partial charge in [-0.1, -0.05) is 11.6 Å². The van der Waals surface area contributed by atoms with Gasteiger partial charge >= 0.3 is 0 Å². The molecule has 0 bridgehead atoms. The van der Waals surface area contributed by atoms with E-state index in [0.717, 1.165) is 11.3 Å². The Balaban J connectivity index is 1.60. The van der Waals surface area contributed by atoms with E-state index in [1.807, 2.05) is 18.3 Å². The summed E-state index contributed by atoms with van der Waals surface area (Å²) in [5.41, 5.74) is 2.06. The fourth-order valence-corrected chi connectivity index (χ4v) is 3.89. The third-order valence-electron chi connectivity index (χ3n) is 4.21. The first-order valence-corrected chi connectivity index (χ1v) is 10.8. The smallest absolute Gasteiger partial charge is 0.251 e. The lowest BCUT2D eigenvalue weighted by atomic mass is 10.2. The van der Waals surface area contributed by atoms with E-state index >= 15 is 0 Å². The molecule has 2 aromatic carbocycles. The molecule has 0 spiro atoms. The summed E-state index contributed by atoms with van der Waals surface area (Å²) in [5.74, 6) is -0.405. The average Bonchev–Trinajstić information content (AvgIpc) is 3.20. The lowest BCUT2D eigenvalue weighted by molar-refractivity contribution is 0.0951. The molecule has 0 unspecified atom stereocenters. The molecule has 152 valence electrons. The molecule has 1 N–H and O–H groups in total. The molecule has 0 saturated heterocycles. The van der Waals surface area contributed by atoms with Crippen LogP contribution in [0.4, 0.5) is 0 Å². The minimum Gasteiger partial charge on any atom is -0.384 e. The highest BCUT2D eigenvalue weighted by atomic mass is 35.5. The van der Waals surface area contributed by atoms with Crippen LogP contribution in [0.15, 0.2) is 65.8 Å². The fraction of sp³-hybridized carbons (Fsp3) is 0.200. The minimum absolute atomic E-state index is 0.105. The number of nitrogens with zero attached hydrogens (tertiary/aromatic N) is 2. The Kier molecular flexibility index (Phi) is 6.68. The second kappa shape index (κ2) is 9.21. The summed E-state index contributed by atoms with van der Waals surface area (Å²) in [6.07, 6.45) is 3.48. The van der Waals surface area contributed by atoms with Crippen molar-refractivity contribution < 1.29 is 17.9 Å². The number of aromatic nitrogens is 2. The molecule has 0 aliphatic carbocycles. The van der Waals surface area contributed by atoms with Gasteiger partial charge in [0.1, 0.15) is 0 Å². The molecule has 0 fully saturated rings. The quantitative estimate of drug-likeness (QED) is 0.590. The van der Waals surface area contributed by atoms with Gasteiger partial charge in [0.2, 0.25) is 0 Å². The van der Waals surface area contributed by atoms with Gasteiger partial charge in [-0.25, -0.2) is 13.1 Å². The van der Waals surface area contributed by atoms with Crippen LogP contribution in [-0.2, 0) is 21.1 Å². The molecule has 0 radical (unpaired) electrons. The van der Waals surface area contributed by atoms with Crippen molar-refractivity contribution >= 4 is 27.3 Å². The van der Waals surface area contributed by atoms with Crippen LogP contribution in [0, 0.1) is 0 Å². The zero-order chi connectivity index (χ0) is 20.9. The van der Waals surface area contributed by atoms with Crippen molar-refractivity contribution in [2.24, 2.45) is 0 Å². The number of amides is 1. The molecular weight excluding hydrogens is 414 g/mol. The van der Waals surface area contributed by atoms with Gasteiger partial charge in [0, 0.05) is 36.0 Å². The maximum atomic E-state index is 12.3. The molecular formula is C20H20ClN3O4S. The molecule has 0 aliphatic heterocycles. The summed E-state index contributed by atoms with van der Waals surface area (Å²) in [6.45, 7) is 0.411. The molecule has 7 nitrogen and oxygen atoms in total. The van der Waals surface area contributed by atoms with Crippen LogP contribution in [0.5, 0.6) is 0 Å². The summed E-state index contributed by atoms with van der Waals surface area (Å²) in [4.78, 5) is 12.5. The van der Waals surface area contributed by atoms with E-state index in [2.05, 4.69) is 10.4 Å². The van der Waals surface area contributed by atoms with E-state index in [-0.39, 0.29) is 23.2 Å². The number of ether oxygens (including phenoxy) is 1. The second-order valence-electron chi connectivity index (χ2n) is 6.29. The Morgan fingerprint density at radius 3 is 2.48 bits per heavy atom. The summed E-state index contributed by atoms with van der Waals surface area (Å²) >= 11 is 5.89. The van der Waals surface area contributed by atoms with Crippen LogP contribution in [0.1, 0.15) is 15.9 Å². The summed E-state index contributed by atoms with van der Waals surface area (Å²) in [6, 6.07) is 13.1. The Bertz CT molecular complexity index is 1080. The van der Waals surface area contributed by atoms with Crippen LogP contribution >= 0.6 is 11.6 Å². The lowest BCUT2D eigenvalue weighted by Gasteiger charge is -2.06. The van der Waals surface area contributed by atoms with E-state index < -0.39 is 9.84 Å². The van der Waals surface area contributed by atoms with Crippen molar-refractivity contribution in [1.82, 2.24) is 15.1 Å². The van der Waals surface area contributed by atoms with Crippen LogP contribution in [0.2, 0.25) is 5.02 Å². The number of sulfone groups is 1. The number of nitrogens with one attached hydrogen (secondary N) is 1. The van der Waals surface area contributed by atoms with Crippen LogP contribution < -0.4 is 5.32 Å². The number of benzene rings is 2. The number of methoxy groups -OCH3 is 1. The maximum Gasteiger partial charge on any atom is 0.251 e. The van der Waals surface area contributed by atoms with Gasteiger partial charge in [0.25, 0.3) is 5.91 Å². The molecule has 29 heavy (non-hydrogen) atoms. The number of hydrogen-bond acceptors (Lipinski definition) is 5. The summed E-state index contributed by atoms with van der Waals surface area (Å²) in [7, 11) is -1.98. The predicted octanol–water partition coefficient (Wildman–Crippen LogP) is 2.88. The van der Waals surface area contributed by atoms with Gasteiger partial charge in [-0.05, 0) is 48.5 Å². The van der Waals surface area contributed by atoms with E-state index in [9.17, 15) is 13.2 Å². The monoisotopic (exact) mass is 433 g/mol. The third kappa shape index (κ3) is 5.44. The van der Waals surface area contributed by atoms with Crippen molar-refractivity contribution in [3.05, 3.63) is 77.1 Å². The number of carbonyl (C=O) groups excluding carboxylic acids is 1. The topological polar surface area (TPSA) is 90.3 Å². The zero-order valence-electron chi connectivity index (χ0n) is 15.7. The highest BCUT2D eigenvalue weighted by Gasteiger charge is 2.15. The SMILES string of the molecule is COCCS(=O)(=O)c1ccc(C(=O)NCc2cnn(-c3ccc(Cl)cc3)c2)cc1. The number of carbonyl (C=O) groups is 1. The molecule has 1 heterocycles. The highest BCUT2D eigenvalue weighted by molar-refractivity contribution is 7.91. The number of hydrogen-bond donors (Lipinski definition) is 1. The lowest BCUT2D eigenvalue weighted by Crippen LogP contribution is -2.22. The third-order valence-corrected chi connectivity index (χ3v) is 6.16. The van der Waals surface area contributed by atoms with Gasteiger partial charge in [0.05, 0.1) is 29.1 Å². The first-order valence-electron chi connectivity index (χ1n) is 8.78. The maximum absolute atomic E-state index is 12.3. The average molecular weight is 434 g/mol. The number of rotatable bonds is 8. The fourth-order valence-electron chi connectivity index (χ4n) is 2.60. The van der Waals surface area contributed by atoms with Gasteiger partial charge in [0.15, 0.2) is 9.84 Å². The van der Waals surface area contributed by atoms with Crippen LogP contribution in [0.3, 0.4) is 0 Å². The van der Waals surface area contributed by atoms with E-state index in [1.54, 1.807) is 23.0 Å². The number of halogens is 1. The zero-order valence-corrected chi connectivity index (χ0v) is 17.3. The predicted molar refractivity (Wildman–Crippen MR) is 110 cm³/mol. The van der Waals surface area contributed by atoms with Gasteiger partial charge in [-0.2, -0.15) is 5.10 Å². The molecule has 3 rings (SSSR count). The van der Waals surface area contributed by atoms with E-state index in [0.29, 0.717) is 17.1 Å². The molecule has 0 aliphatic rings. The van der Waals surface area contributed by atoms with Crippen molar-refractivity contribution in [2.75, 3.05) is 19.5 Å². The van der Waals surface area contributed by atoms with Crippen molar-refractivity contribution in [1.29, 1.82) is 0 Å². The van der Waals surface area contributed by atoms with Crippen molar-refractivity contribution in [3.63, 3.8) is 0 Å². The molecule has 9 heteroatoms. The summed E-state index contributed by atoms with van der Waals surface area (Å²) in [5, 5.41) is 7.72. The minimum atomic E-state index is -3.42. The Hall–Kier alpha value is -2.68. The Labute approximate surface area is 174 Å². The molecule has 0 atom stereocenters. The summed E-state index contributed by atoms with van der Waals surface area (Å²) < 4.78 is 30.8. The van der Waals surface area contributed by atoms with Crippen molar-refractivity contribution in [2.45, 2.75) is 11.4 Å². The first kappa shape index (κ1) is 21.0.